The molecule has 1 N–H and O–H groups in total. The second-order valence-corrected chi connectivity index (χ2v) is 13.0. The monoisotopic (exact) mass is 633 g/mol. The van der Waals surface area contributed by atoms with Crippen LogP contribution in [0.15, 0.2) is 82.2 Å². The zero-order valence-corrected chi connectivity index (χ0v) is 25.6. The summed E-state index contributed by atoms with van der Waals surface area (Å²) in [5, 5.41) is 3.28. The molecule has 0 radical (unpaired) electrons. The molecule has 10 heteroatoms. The maximum absolute atomic E-state index is 13.9. The van der Waals surface area contributed by atoms with E-state index < -0.39 is 28.5 Å². The van der Waals surface area contributed by atoms with Gasteiger partial charge in [0, 0.05) is 22.6 Å². The number of sulfonamides is 1. The van der Waals surface area contributed by atoms with Crippen LogP contribution in [-0.4, -0.2) is 44.3 Å². The number of carbonyl (C=O) groups excluding carboxylic acids is 2. The fourth-order valence-electron chi connectivity index (χ4n) is 3.80. The summed E-state index contributed by atoms with van der Waals surface area (Å²) in [5.41, 5.74) is 2.09. The number of halogens is 2. The summed E-state index contributed by atoms with van der Waals surface area (Å²) in [7, 11) is -4.14. The van der Waals surface area contributed by atoms with Gasteiger partial charge in [0.2, 0.25) is 11.8 Å². The predicted molar refractivity (Wildman–Crippen MR) is 159 cm³/mol. The van der Waals surface area contributed by atoms with Crippen molar-refractivity contribution in [3.63, 3.8) is 0 Å². The maximum atomic E-state index is 13.9. The zero-order valence-electron chi connectivity index (χ0n) is 22.4. The van der Waals surface area contributed by atoms with Crippen molar-refractivity contribution in [2.75, 3.05) is 17.4 Å². The minimum Gasteiger partial charge on any atom is -0.354 e. The Bertz CT molecular complexity index is 1380. The number of amides is 2. The quantitative estimate of drug-likeness (QED) is 0.289. The van der Waals surface area contributed by atoms with Gasteiger partial charge in [0.15, 0.2) is 0 Å². The minimum absolute atomic E-state index is 0.00228. The van der Waals surface area contributed by atoms with E-state index in [1.165, 1.54) is 29.2 Å². The highest BCUT2D eigenvalue weighted by atomic mass is 79.9. The Labute approximate surface area is 244 Å². The lowest BCUT2D eigenvalue weighted by atomic mass is 10.1. The number of rotatable bonds is 11. The van der Waals surface area contributed by atoms with Crippen LogP contribution in [0.2, 0.25) is 5.02 Å². The molecule has 2 amide bonds. The number of carbonyl (C=O) groups is 2. The SMILES string of the molecule is Cc1ccc(N(CC(=O)N(Cc2ccc(Br)cc2)C(C)C(=O)NCC(C)C)S(=O)(=O)c2ccc(Cl)cc2)cc1. The Kier molecular flexibility index (Phi) is 10.6. The number of hydrogen-bond acceptors (Lipinski definition) is 4. The number of anilines is 1. The van der Waals surface area contributed by atoms with Crippen molar-refractivity contribution in [2.24, 2.45) is 5.92 Å². The number of hydrogen-bond donors (Lipinski definition) is 1. The molecule has 0 aliphatic carbocycles. The number of nitrogens with one attached hydrogen (secondary N) is 1. The van der Waals surface area contributed by atoms with Crippen molar-refractivity contribution in [3.8, 4) is 0 Å². The lowest BCUT2D eigenvalue weighted by Crippen LogP contribution is -2.51. The van der Waals surface area contributed by atoms with E-state index in [0.29, 0.717) is 17.3 Å². The molecule has 0 aliphatic rings. The molecule has 0 bridgehead atoms. The van der Waals surface area contributed by atoms with Gasteiger partial charge in [0.05, 0.1) is 10.6 Å². The van der Waals surface area contributed by atoms with Crippen LogP contribution in [0.25, 0.3) is 0 Å². The van der Waals surface area contributed by atoms with Crippen LogP contribution < -0.4 is 9.62 Å². The molecule has 1 unspecified atom stereocenters. The fraction of sp³-hybridized carbons (Fsp3) is 0.310. The predicted octanol–water partition coefficient (Wildman–Crippen LogP) is 5.80. The van der Waals surface area contributed by atoms with Crippen LogP contribution >= 0.6 is 27.5 Å². The van der Waals surface area contributed by atoms with E-state index in [-0.39, 0.29) is 23.3 Å². The first kappa shape index (κ1) is 30.7. The molecule has 3 aromatic rings. The van der Waals surface area contributed by atoms with Gasteiger partial charge >= 0.3 is 0 Å². The van der Waals surface area contributed by atoms with E-state index >= 15 is 0 Å². The highest BCUT2D eigenvalue weighted by molar-refractivity contribution is 9.10. The second kappa shape index (κ2) is 13.5. The van der Waals surface area contributed by atoms with Crippen molar-refractivity contribution in [2.45, 2.75) is 45.2 Å². The van der Waals surface area contributed by atoms with E-state index in [2.05, 4.69) is 21.2 Å². The normalized spacial score (nSPS) is 12.2. The molecule has 1 atom stereocenters. The smallest absolute Gasteiger partial charge is 0.264 e. The number of nitrogens with zero attached hydrogens (tertiary/aromatic N) is 2. The largest absolute Gasteiger partial charge is 0.354 e. The molecule has 0 fully saturated rings. The van der Waals surface area contributed by atoms with Crippen LogP contribution in [-0.2, 0) is 26.2 Å². The van der Waals surface area contributed by atoms with E-state index in [1.807, 2.05) is 45.0 Å². The third kappa shape index (κ3) is 8.30. The third-order valence-electron chi connectivity index (χ3n) is 6.12. The summed E-state index contributed by atoms with van der Waals surface area (Å²) in [4.78, 5) is 28.3. The molecule has 7 nitrogen and oxygen atoms in total. The van der Waals surface area contributed by atoms with Crippen LogP contribution in [0.1, 0.15) is 31.9 Å². The summed E-state index contributed by atoms with van der Waals surface area (Å²) in [6, 6.07) is 19.3. The van der Waals surface area contributed by atoms with E-state index in [4.69, 9.17) is 11.6 Å². The average molecular weight is 635 g/mol. The third-order valence-corrected chi connectivity index (χ3v) is 8.69. The Morgan fingerprint density at radius 3 is 2.08 bits per heavy atom. The van der Waals surface area contributed by atoms with Gasteiger partial charge in [-0.3, -0.25) is 13.9 Å². The Morgan fingerprint density at radius 1 is 0.923 bits per heavy atom. The van der Waals surface area contributed by atoms with E-state index in [1.54, 1.807) is 31.2 Å². The molecule has 0 spiro atoms. The van der Waals surface area contributed by atoms with Gasteiger partial charge in [-0.1, -0.05) is 71.2 Å². The molecule has 0 aliphatic heterocycles. The molecule has 208 valence electrons. The van der Waals surface area contributed by atoms with Crippen LogP contribution in [0.3, 0.4) is 0 Å². The molecule has 3 aromatic carbocycles. The summed E-state index contributed by atoms with van der Waals surface area (Å²) >= 11 is 9.40. The first-order valence-corrected chi connectivity index (χ1v) is 15.2. The Morgan fingerprint density at radius 2 is 1.51 bits per heavy atom. The highest BCUT2D eigenvalue weighted by Crippen LogP contribution is 2.26. The summed E-state index contributed by atoms with van der Waals surface area (Å²) in [5.74, 6) is -0.585. The first-order chi connectivity index (χ1) is 18.4. The molecular weight excluding hydrogens is 602 g/mol. The van der Waals surface area contributed by atoms with Crippen molar-refractivity contribution >= 4 is 55.1 Å². The van der Waals surface area contributed by atoms with Gasteiger partial charge in [-0.25, -0.2) is 8.42 Å². The lowest BCUT2D eigenvalue weighted by Gasteiger charge is -2.32. The molecular formula is C29H33BrClN3O4S. The molecule has 39 heavy (non-hydrogen) atoms. The van der Waals surface area contributed by atoms with Gasteiger partial charge in [-0.05, 0) is 73.9 Å². The van der Waals surface area contributed by atoms with Crippen LogP contribution in [0, 0.1) is 12.8 Å². The van der Waals surface area contributed by atoms with Crippen molar-refractivity contribution in [3.05, 3.63) is 93.4 Å². The Balaban J connectivity index is 2.00. The molecule has 0 saturated carbocycles. The van der Waals surface area contributed by atoms with Crippen molar-refractivity contribution in [1.29, 1.82) is 0 Å². The van der Waals surface area contributed by atoms with Gasteiger partial charge in [-0.2, -0.15) is 0 Å². The second-order valence-electron chi connectivity index (χ2n) is 9.76. The van der Waals surface area contributed by atoms with E-state index in [0.717, 1.165) is 19.9 Å². The zero-order chi connectivity index (χ0) is 28.7. The van der Waals surface area contributed by atoms with Gasteiger partial charge in [-0.15, -0.1) is 0 Å². The van der Waals surface area contributed by atoms with Gasteiger partial charge in [0.1, 0.15) is 12.6 Å². The number of aryl methyl sites for hydroxylation is 1. The van der Waals surface area contributed by atoms with Gasteiger partial charge in [0.25, 0.3) is 10.0 Å². The molecule has 0 saturated heterocycles. The van der Waals surface area contributed by atoms with Crippen LogP contribution in [0.4, 0.5) is 5.69 Å². The summed E-state index contributed by atoms with van der Waals surface area (Å²) in [6.07, 6.45) is 0. The standard InChI is InChI=1S/C29H33BrClN3O4S/c1-20(2)17-32-29(36)22(4)33(18-23-7-9-24(30)10-8-23)28(35)19-34(26-13-5-21(3)6-14-26)39(37,38)27-15-11-25(31)12-16-27/h5-16,20,22H,17-19H2,1-4H3,(H,32,36). The fourth-order valence-corrected chi connectivity index (χ4v) is 5.60. The van der Waals surface area contributed by atoms with Gasteiger partial charge < -0.3 is 10.2 Å². The lowest BCUT2D eigenvalue weighted by molar-refractivity contribution is -0.139. The average Bonchev–Trinajstić information content (AvgIpc) is 2.90. The van der Waals surface area contributed by atoms with Crippen molar-refractivity contribution in [1.82, 2.24) is 10.2 Å². The molecule has 3 rings (SSSR count). The summed E-state index contributed by atoms with van der Waals surface area (Å²) < 4.78 is 29.5. The van der Waals surface area contributed by atoms with Crippen LogP contribution in [0.5, 0.6) is 0 Å². The Hall–Kier alpha value is -2.88. The highest BCUT2D eigenvalue weighted by Gasteiger charge is 2.32. The van der Waals surface area contributed by atoms with E-state index in [9.17, 15) is 18.0 Å². The topological polar surface area (TPSA) is 86.8 Å². The minimum atomic E-state index is -4.14. The van der Waals surface area contributed by atoms with Crippen molar-refractivity contribution < 1.29 is 18.0 Å². The number of benzene rings is 3. The molecule has 0 heterocycles. The molecule has 0 aromatic heterocycles. The maximum Gasteiger partial charge on any atom is 0.264 e. The summed E-state index contributed by atoms with van der Waals surface area (Å²) in [6.45, 7) is 7.61. The first-order valence-electron chi connectivity index (χ1n) is 12.5.